The number of carbonyl (C=O) groups is 1. The van der Waals surface area contributed by atoms with Crippen LogP contribution in [-0.2, 0) is 6.54 Å². The van der Waals surface area contributed by atoms with Crippen molar-refractivity contribution < 1.29 is 4.79 Å². The summed E-state index contributed by atoms with van der Waals surface area (Å²) < 4.78 is 0. The van der Waals surface area contributed by atoms with E-state index >= 15 is 0 Å². The summed E-state index contributed by atoms with van der Waals surface area (Å²) in [5.74, 6) is 4.98. The Morgan fingerprint density at radius 2 is 2.16 bits per heavy atom. The van der Waals surface area contributed by atoms with Gasteiger partial charge in [-0.2, -0.15) is 0 Å². The number of carbonyl (C=O) groups excluding carboxylic acids is 1. The molecule has 0 aliphatic carbocycles. The smallest absolute Gasteiger partial charge is 0.270 e. The Bertz CT molecular complexity index is 571. The number of anilines is 1. The van der Waals surface area contributed by atoms with E-state index in [4.69, 9.17) is 17.4 Å². The minimum Gasteiger partial charge on any atom is -0.347 e. The number of amides is 1. The first-order chi connectivity index (χ1) is 9.19. The fourth-order valence-electron chi connectivity index (χ4n) is 1.53. The number of halogens is 1. The number of hydrogen-bond acceptors (Lipinski definition) is 4. The van der Waals surface area contributed by atoms with Gasteiger partial charge < -0.3 is 10.7 Å². The SMILES string of the molecule is NNc1ccc(C(=O)NCc2cccc(Cl)c2)nc1. The molecule has 0 fully saturated rings. The standard InChI is InChI=1S/C13H13ClN4O/c14-10-3-1-2-9(6-10)7-17-13(19)12-5-4-11(18-15)8-16-12/h1-6,8,18H,7,15H2,(H,17,19). The first-order valence-corrected chi connectivity index (χ1v) is 6.02. The van der Waals surface area contributed by atoms with Gasteiger partial charge in [-0.1, -0.05) is 23.7 Å². The predicted molar refractivity (Wildman–Crippen MR) is 74.7 cm³/mol. The number of aromatic nitrogens is 1. The molecule has 0 aliphatic rings. The van der Waals surface area contributed by atoms with Crippen LogP contribution >= 0.6 is 11.6 Å². The van der Waals surface area contributed by atoms with Crippen molar-refractivity contribution in [3.8, 4) is 0 Å². The van der Waals surface area contributed by atoms with Gasteiger partial charge in [-0.25, -0.2) is 4.98 Å². The number of nitrogens with zero attached hydrogens (tertiary/aromatic N) is 1. The maximum absolute atomic E-state index is 11.8. The van der Waals surface area contributed by atoms with Crippen LogP contribution in [0, 0.1) is 0 Å². The molecule has 0 unspecified atom stereocenters. The molecule has 4 N–H and O–H groups in total. The maximum Gasteiger partial charge on any atom is 0.270 e. The molecule has 2 aromatic rings. The second-order valence-electron chi connectivity index (χ2n) is 3.89. The van der Waals surface area contributed by atoms with Crippen molar-refractivity contribution in [3.05, 3.63) is 58.9 Å². The normalized spacial score (nSPS) is 10.0. The maximum atomic E-state index is 11.8. The quantitative estimate of drug-likeness (QED) is 0.589. The van der Waals surface area contributed by atoms with Gasteiger partial charge in [-0.05, 0) is 29.8 Å². The Morgan fingerprint density at radius 3 is 2.79 bits per heavy atom. The van der Waals surface area contributed by atoms with E-state index in [-0.39, 0.29) is 5.91 Å². The number of benzene rings is 1. The summed E-state index contributed by atoms with van der Waals surface area (Å²) in [6.07, 6.45) is 1.49. The van der Waals surface area contributed by atoms with E-state index in [1.165, 1.54) is 6.20 Å². The van der Waals surface area contributed by atoms with E-state index in [2.05, 4.69) is 15.7 Å². The third kappa shape index (κ3) is 3.67. The number of hydrogen-bond donors (Lipinski definition) is 3. The monoisotopic (exact) mass is 276 g/mol. The second-order valence-corrected chi connectivity index (χ2v) is 4.33. The van der Waals surface area contributed by atoms with Gasteiger partial charge in [0.15, 0.2) is 0 Å². The molecule has 5 nitrogen and oxygen atoms in total. The third-order valence-electron chi connectivity index (χ3n) is 2.50. The molecule has 0 radical (unpaired) electrons. The second kappa shape index (κ2) is 6.17. The average Bonchev–Trinajstić information content (AvgIpc) is 2.45. The van der Waals surface area contributed by atoms with Gasteiger partial charge in [0.25, 0.3) is 5.91 Å². The number of nitrogens with two attached hydrogens (primary N) is 1. The van der Waals surface area contributed by atoms with Crippen LogP contribution in [0.3, 0.4) is 0 Å². The Hall–Kier alpha value is -2.11. The molecule has 1 heterocycles. The lowest BCUT2D eigenvalue weighted by molar-refractivity contribution is 0.0946. The van der Waals surface area contributed by atoms with Crippen LogP contribution in [0.15, 0.2) is 42.6 Å². The van der Waals surface area contributed by atoms with Crippen molar-refractivity contribution in [1.82, 2.24) is 10.3 Å². The molecular weight excluding hydrogens is 264 g/mol. The predicted octanol–water partition coefficient (Wildman–Crippen LogP) is 1.95. The minimum atomic E-state index is -0.247. The van der Waals surface area contributed by atoms with Crippen molar-refractivity contribution in [2.75, 3.05) is 5.43 Å². The van der Waals surface area contributed by atoms with Gasteiger partial charge in [-0.3, -0.25) is 10.6 Å². The highest BCUT2D eigenvalue weighted by molar-refractivity contribution is 6.30. The van der Waals surface area contributed by atoms with Gasteiger partial charge in [0.05, 0.1) is 11.9 Å². The molecule has 0 bridgehead atoms. The molecule has 0 spiro atoms. The fourth-order valence-corrected chi connectivity index (χ4v) is 1.75. The summed E-state index contributed by atoms with van der Waals surface area (Å²) in [6.45, 7) is 0.401. The van der Waals surface area contributed by atoms with Crippen LogP contribution in [0.25, 0.3) is 0 Å². The highest BCUT2D eigenvalue weighted by Gasteiger charge is 2.06. The van der Waals surface area contributed by atoms with Crippen LogP contribution in [-0.4, -0.2) is 10.9 Å². The first kappa shape index (κ1) is 13.3. The van der Waals surface area contributed by atoms with Crippen molar-refractivity contribution >= 4 is 23.2 Å². The van der Waals surface area contributed by atoms with E-state index in [0.717, 1.165) is 5.56 Å². The van der Waals surface area contributed by atoms with Crippen LogP contribution in [0.4, 0.5) is 5.69 Å². The summed E-state index contributed by atoms with van der Waals surface area (Å²) in [6, 6.07) is 10.6. The zero-order chi connectivity index (χ0) is 13.7. The van der Waals surface area contributed by atoms with Gasteiger partial charge in [0.1, 0.15) is 5.69 Å². The van der Waals surface area contributed by atoms with Crippen molar-refractivity contribution in [2.24, 2.45) is 5.84 Å². The molecule has 98 valence electrons. The highest BCUT2D eigenvalue weighted by Crippen LogP contribution is 2.10. The summed E-state index contributed by atoms with van der Waals surface area (Å²) in [5.41, 5.74) is 4.36. The summed E-state index contributed by atoms with van der Waals surface area (Å²) in [4.78, 5) is 15.8. The highest BCUT2D eigenvalue weighted by atomic mass is 35.5. The van der Waals surface area contributed by atoms with Crippen LogP contribution in [0.5, 0.6) is 0 Å². The number of hydrazine groups is 1. The molecule has 0 aliphatic heterocycles. The minimum absolute atomic E-state index is 0.247. The van der Waals surface area contributed by atoms with Crippen molar-refractivity contribution in [1.29, 1.82) is 0 Å². The van der Waals surface area contributed by atoms with Crippen LogP contribution < -0.4 is 16.6 Å². The van der Waals surface area contributed by atoms with Crippen molar-refractivity contribution in [2.45, 2.75) is 6.54 Å². The topological polar surface area (TPSA) is 80.0 Å². The Balaban J connectivity index is 1.97. The number of nitrogens with one attached hydrogen (secondary N) is 2. The van der Waals surface area contributed by atoms with Gasteiger partial charge >= 0.3 is 0 Å². The fraction of sp³-hybridized carbons (Fsp3) is 0.0769. The summed E-state index contributed by atoms with van der Waals surface area (Å²) in [7, 11) is 0. The largest absolute Gasteiger partial charge is 0.347 e. The zero-order valence-electron chi connectivity index (χ0n) is 10.1. The Labute approximate surface area is 115 Å². The lowest BCUT2D eigenvalue weighted by atomic mass is 10.2. The van der Waals surface area contributed by atoms with Crippen LogP contribution in [0.2, 0.25) is 5.02 Å². The van der Waals surface area contributed by atoms with Crippen molar-refractivity contribution in [3.63, 3.8) is 0 Å². The molecule has 6 heteroatoms. The number of nitrogen functional groups attached to an aromatic ring is 1. The van der Waals surface area contributed by atoms with E-state index in [9.17, 15) is 4.79 Å². The number of pyridine rings is 1. The molecule has 2 rings (SSSR count). The zero-order valence-corrected chi connectivity index (χ0v) is 10.8. The molecule has 1 aromatic heterocycles. The van der Waals surface area contributed by atoms with Crippen LogP contribution in [0.1, 0.15) is 16.1 Å². The Morgan fingerprint density at radius 1 is 1.32 bits per heavy atom. The molecule has 1 amide bonds. The Kier molecular flexibility index (Phi) is 4.33. The van der Waals surface area contributed by atoms with Gasteiger partial charge in [-0.15, -0.1) is 0 Å². The summed E-state index contributed by atoms with van der Waals surface area (Å²) in [5, 5.41) is 3.41. The lowest BCUT2D eigenvalue weighted by Gasteiger charge is -2.06. The molecule has 0 saturated heterocycles. The third-order valence-corrected chi connectivity index (χ3v) is 2.74. The molecule has 0 atom stereocenters. The van der Waals surface area contributed by atoms with E-state index in [1.807, 2.05) is 12.1 Å². The van der Waals surface area contributed by atoms with E-state index in [1.54, 1.807) is 24.3 Å². The number of rotatable bonds is 4. The molecule has 0 saturated carbocycles. The molecule has 19 heavy (non-hydrogen) atoms. The summed E-state index contributed by atoms with van der Waals surface area (Å²) >= 11 is 5.87. The molecular formula is C13H13ClN4O. The average molecular weight is 277 g/mol. The van der Waals surface area contributed by atoms with Gasteiger partial charge in [0.2, 0.25) is 0 Å². The van der Waals surface area contributed by atoms with E-state index in [0.29, 0.717) is 22.9 Å². The lowest BCUT2D eigenvalue weighted by Crippen LogP contribution is -2.23. The van der Waals surface area contributed by atoms with E-state index < -0.39 is 0 Å². The molecule has 1 aromatic carbocycles. The van der Waals surface area contributed by atoms with Gasteiger partial charge in [0, 0.05) is 11.6 Å². The first-order valence-electron chi connectivity index (χ1n) is 5.64.